The normalized spacial score (nSPS) is 10.6. The first kappa shape index (κ1) is 18.1. The number of ether oxygens (including phenoxy) is 2. The van der Waals surface area contributed by atoms with Crippen molar-refractivity contribution in [3.63, 3.8) is 0 Å². The summed E-state index contributed by atoms with van der Waals surface area (Å²) in [6, 6.07) is 9.92. The van der Waals surface area contributed by atoms with Crippen molar-refractivity contribution in [1.82, 2.24) is 0 Å². The highest BCUT2D eigenvalue weighted by Crippen LogP contribution is 2.36. The van der Waals surface area contributed by atoms with Crippen molar-refractivity contribution in [2.24, 2.45) is 4.99 Å². The molecule has 0 aromatic heterocycles. The topological polar surface area (TPSA) is 30.8 Å². The third-order valence-corrected chi connectivity index (χ3v) is 4.15. The van der Waals surface area contributed by atoms with E-state index in [-0.39, 0.29) is 6.61 Å². The summed E-state index contributed by atoms with van der Waals surface area (Å²) in [5.41, 5.74) is 4.27. The average Bonchev–Trinajstić information content (AvgIpc) is 2.56. The zero-order valence-electron chi connectivity index (χ0n) is 14.1. The van der Waals surface area contributed by atoms with Crippen molar-refractivity contribution in [1.29, 1.82) is 0 Å². The van der Waals surface area contributed by atoms with Crippen molar-refractivity contribution in [3.8, 4) is 23.8 Å². The van der Waals surface area contributed by atoms with Crippen LogP contribution in [0.5, 0.6) is 11.5 Å². The Morgan fingerprint density at radius 3 is 2.75 bits per heavy atom. The maximum absolute atomic E-state index is 5.67. The van der Waals surface area contributed by atoms with Crippen molar-refractivity contribution >= 4 is 27.8 Å². The summed E-state index contributed by atoms with van der Waals surface area (Å²) < 4.78 is 12.0. The molecule has 24 heavy (non-hydrogen) atoms. The molecule has 2 aromatic carbocycles. The molecular weight excluding hydrogens is 366 g/mol. The zero-order valence-corrected chi connectivity index (χ0v) is 15.7. The number of aliphatic imine (C=N–C) groups is 1. The van der Waals surface area contributed by atoms with Gasteiger partial charge in [0.1, 0.15) is 6.61 Å². The lowest BCUT2D eigenvalue weighted by Gasteiger charge is -2.13. The number of halogens is 1. The largest absolute Gasteiger partial charge is 0.490 e. The number of aryl methyl sites for hydroxylation is 1. The van der Waals surface area contributed by atoms with Crippen LogP contribution < -0.4 is 9.47 Å². The van der Waals surface area contributed by atoms with Crippen LogP contribution in [0.3, 0.4) is 0 Å². The van der Waals surface area contributed by atoms with Gasteiger partial charge in [0.15, 0.2) is 11.5 Å². The zero-order chi connectivity index (χ0) is 17.5. The summed E-state index contributed by atoms with van der Waals surface area (Å²) in [5, 5.41) is 0. The lowest BCUT2D eigenvalue weighted by atomic mass is 10.1. The van der Waals surface area contributed by atoms with E-state index in [0.717, 1.165) is 15.7 Å². The molecule has 0 aliphatic heterocycles. The molecule has 2 rings (SSSR count). The maximum atomic E-state index is 5.67. The van der Waals surface area contributed by atoms with Crippen LogP contribution in [0.2, 0.25) is 0 Å². The molecule has 0 heterocycles. The Hall–Kier alpha value is -2.25. The lowest BCUT2D eigenvalue weighted by molar-refractivity contribution is 0.298. The number of benzene rings is 2. The first-order valence-electron chi connectivity index (χ1n) is 7.69. The van der Waals surface area contributed by atoms with E-state index in [0.29, 0.717) is 18.1 Å². The van der Waals surface area contributed by atoms with Crippen LogP contribution >= 0.6 is 15.9 Å². The number of hydrogen-bond donors (Lipinski definition) is 0. The molecule has 3 nitrogen and oxygen atoms in total. The minimum Gasteiger partial charge on any atom is -0.490 e. The number of rotatable bonds is 6. The van der Waals surface area contributed by atoms with Crippen molar-refractivity contribution in [2.75, 3.05) is 13.2 Å². The van der Waals surface area contributed by atoms with Crippen LogP contribution in [0.1, 0.15) is 23.6 Å². The predicted octanol–water partition coefficient (Wildman–Crippen LogP) is 5.23. The third-order valence-electron chi connectivity index (χ3n) is 3.56. The van der Waals surface area contributed by atoms with E-state index in [1.165, 1.54) is 11.1 Å². The van der Waals surface area contributed by atoms with Gasteiger partial charge in [-0.15, -0.1) is 6.42 Å². The van der Waals surface area contributed by atoms with Gasteiger partial charge in [-0.1, -0.05) is 18.1 Å². The van der Waals surface area contributed by atoms with Crippen LogP contribution in [-0.4, -0.2) is 19.4 Å². The summed E-state index contributed by atoms with van der Waals surface area (Å²) in [6.07, 6.45) is 7.09. The summed E-state index contributed by atoms with van der Waals surface area (Å²) >= 11 is 3.52. The van der Waals surface area contributed by atoms with Crippen molar-refractivity contribution in [3.05, 3.63) is 51.5 Å². The predicted molar refractivity (Wildman–Crippen MR) is 103 cm³/mol. The Balaban J connectivity index is 2.35. The van der Waals surface area contributed by atoms with E-state index in [1.807, 2.05) is 37.4 Å². The van der Waals surface area contributed by atoms with Gasteiger partial charge < -0.3 is 9.47 Å². The smallest absolute Gasteiger partial charge is 0.176 e. The van der Waals surface area contributed by atoms with Gasteiger partial charge in [0.25, 0.3) is 0 Å². The highest BCUT2D eigenvalue weighted by atomic mass is 79.9. The molecule has 2 aromatic rings. The van der Waals surface area contributed by atoms with E-state index in [2.05, 4.69) is 46.8 Å². The summed E-state index contributed by atoms with van der Waals surface area (Å²) in [4.78, 5) is 4.60. The molecule has 0 saturated heterocycles. The Labute approximate surface area is 151 Å². The maximum Gasteiger partial charge on any atom is 0.176 e. The average molecular weight is 386 g/mol. The van der Waals surface area contributed by atoms with Gasteiger partial charge in [-0.3, -0.25) is 4.99 Å². The molecule has 4 heteroatoms. The number of hydrogen-bond acceptors (Lipinski definition) is 3. The monoisotopic (exact) mass is 385 g/mol. The van der Waals surface area contributed by atoms with Crippen LogP contribution in [0.15, 0.2) is 39.8 Å². The summed E-state index contributed by atoms with van der Waals surface area (Å²) in [6.45, 7) is 6.80. The molecular formula is C20H20BrNO2. The number of nitrogens with zero attached hydrogens (tertiary/aromatic N) is 1. The molecule has 0 fully saturated rings. The molecule has 0 radical (unpaired) electrons. The fraction of sp³-hybridized carbons (Fsp3) is 0.250. The molecule has 0 bridgehead atoms. The van der Waals surface area contributed by atoms with E-state index in [9.17, 15) is 0 Å². The second-order valence-corrected chi connectivity index (χ2v) is 6.09. The Morgan fingerprint density at radius 2 is 2.04 bits per heavy atom. The van der Waals surface area contributed by atoms with Gasteiger partial charge >= 0.3 is 0 Å². The first-order chi connectivity index (χ1) is 11.6. The molecule has 0 N–H and O–H groups in total. The van der Waals surface area contributed by atoms with Gasteiger partial charge in [0.05, 0.1) is 16.8 Å². The highest BCUT2D eigenvalue weighted by molar-refractivity contribution is 9.10. The second kappa shape index (κ2) is 8.56. The summed E-state index contributed by atoms with van der Waals surface area (Å²) in [5.74, 6) is 3.71. The van der Waals surface area contributed by atoms with Crippen LogP contribution in [-0.2, 0) is 0 Å². The fourth-order valence-corrected chi connectivity index (χ4v) is 2.77. The van der Waals surface area contributed by atoms with Gasteiger partial charge in [0, 0.05) is 6.21 Å². The minimum atomic E-state index is 0.189. The summed E-state index contributed by atoms with van der Waals surface area (Å²) in [7, 11) is 0. The Morgan fingerprint density at radius 1 is 1.25 bits per heavy atom. The third kappa shape index (κ3) is 4.39. The first-order valence-corrected chi connectivity index (χ1v) is 8.49. The molecule has 0 saturated carbocycles. The van der Waals surface area contributed by atoms with Gasteiger partial charge in [-0.05, 0) is 71.6 Å². The number of terminal acetylenes is 1. The van der Waals surface area contributed by atoms with E-state index in [1.54, 1.807) is 0 Å². The van der Waals surface area contributed by atoms with E-state index in [4.69, 9.17) is 15.9 Å². The molecule has 0 spiro atoms. The SMILES string of the molecule is C#CCOc1c(Br)cc(C=Nc2cccc(C)c2C)cc1OCC. The van der Waals surface area contributed by atoms with E-state index < -0.39 is 0 Å². The molecule has 0 amide bonds. The van der Waals surface area contributed by atoms with Crippen molar-refractivity contribution in [2.45, 2.75) is 20.8 Å². The molecule has 0 aliphatic rings. The minimum absolute atomic E-state index is 0.189. The van der Waals surface area contributed by atoms with E-state index >= 15 is 0 Å². The molecule has 124 valence electrons. The van der Waals surface area contributed by atoms with Crippen LogP contribution in [0.4, 0.5) is 5.69 Å². The highest BCUT2D eigenvalue weighted by Gasteiger charge is 2.11. The van der Waals surface area contributed by atoms with Gasteiger partial charge in [-0.2, -0.15) is 0 Å². The van der Waals surface area contributed by atoms with Crippen molar-refractivity contribution < 1.29 is 9.47 Å². The molecule has 0 atom stereocenters. The molecule has 0 aliphatic carbocycles. The Kier molecular flexibility index (Phi) is 6.45. The Bertz CT molecular complexity index is 791. The lowest BCUT2D eigenvalue weighted by Crippen LogP contribution is -2.01. The standard InChI is InChI=1S/C20H20BrNO2/c1-5-10-24-20-17(21)11-16(12-19(20)23-6-2)13-22-18-9-7-8-14(3)15(18)4/h1,7-9,11-13H,6,10H2,2-4H3. The second-order valence-electron chi connectivity index (χ2n) is 5.23. The fourth-order valence-electron chi connectivity index (χ4n) is 2.20. The van der Waals surface area contributed by atoms with Gasteiger partial charge in [-0.25, -0.2) is 0 Å². The van der Waals surface area contributed by atoms with Crippen LogP contribution in [0.25, 0.3) is 0 Å². The molecule has 0 unspecified atom stereocenters. The van der Waals surface area contributed by atoms with Gasteiger partial charge in [0.2, 0.25) is 0 Å². The quantitative estimate of drug-likeness (QED) is 0.503. The van der Waals surface area contributed by atoms with Crippen LogP contribution in [0, 0.1) is 26.2 Å².